The minimum absolute atomic E-state index is 0.357. The summed E-state index contributed by atoms with van der Waals surface area (Å²) in [6.45, 7) is 4.51. The van der Waals surface area contributed by atoms with Crippen LogP contribution in [0.4, 0.5) is 0 Å². The van der Waals surface area contributed by atoms with Gasteiger partial charge in [0.05, 0.1) is 7.14 Å². The molecule has 1 nitrogen and oxygen atoms in total. The van der Waals surface area contributed by atoms with E-state index in [4.69, 9.17) is 0 Å². The molecule has 2 aliphatic carbocycles. The van der Waals surface area contributed by atoms with Gasteiger partial charge < -0.3 is 4.57 Å². The van der Waals surface area contributed by atoms with Gasteiger partial charge in [0, 0.05) is 11.3 Å². The second kappa shape index (κ2) is 9.49. The fraction of sp³-hybridized carbons (Fsp3) is 0.538. The van der Waals surface area contributed by atoms with E-state index < -0.39 is 15.1 Å². The van der Waals surface area contributed by atoms with Gasteiger partial charge in [0.25, 0.3) is 0 Å². The van der Waals surface area contributed by atoms with Crippen LogP contribution in [0.2, 0.25) is 0 Å². The molecule has 0 N–H and O–H groups in total. The van der Waals surface area contributed by atoms with Crippen molar-refractivity contribution in [3.63, 3.8) is 0 Å². The van der Waals surface area contributed by atoms with Crippen LogP contribution in [-0.4, -0.2) is 23.6 Å². The quantitative estimate of drug-likeness (QED) is 0.455. The molecule has 29 heavy (non-hydrogen) atoms. The summed E-state index contributed by atoms with van der Waals surface area (Å²) >= 11 is 0. The molecule has 3 unspecified atom stereocenters. The average molecular weight is 427 g/mol. The molecule has 2 aromatic rings. The summed E-state index contributed by atoms with van der Waals surface area (Å²) in [6, 6.07) is 22.3. The van der Waals surface area contributed by atoms with E-state index >= 15 is 0 Å². The molecule has 2 aromatic carbocycles. The first kappa shape index (κ1) is 21.3. The fourth-order valence-corrected chi connectivity index (χ4v) is 12.5. The highest BCUT2D eigenvalue weighted by molar-refractivity contribution is 7.73. The molecule has 4 atom stereocenters. The van der Waals surface area contributed by atoms with Gasteiger partial charge in [-0.2, -0.15) is 0 Å². The molecule has 2 fully saturated rings. The molecule has 0 bridgehead atoms. The topological polar surface area (TPSA) is 17.1 Å². The minimum Gasteiger partial charge on any atom is -0.323 e. The lowest BCUT2D eigenvalue weighted by Gasteiger charge is -2.39. The lowest BCUT2D eigenvalue weighted by atomic mass is 10.0. The highest BCUT2D eigenvalue weighted by Crippen LogP contribution is 2.63. The van der Waals surface area contributed by atoms with E-state index in [0.29, 0.717) is 22.9 Å². The lowest BCUT2D eigenvalue weighted by molar-refractivity contribution is 0.458. The van der Waals surface area contributed by atoms with Crippen LogP contribution in [0.1, 0.15) is 58.3 Å². The van der Waals surface area contributed by atoms with Gasteiger partial charge in [-0.1, -0.05) is 93.3 Å². The Hall–Kier alpha value is -0.900. The zero-order valence-corrected chi connectivity index (χ0v) is 19.8. The van der Waals surface area contributed by atoms with Gasteiger partial charge in [-0.25, -0.2) is 0 Å². The van der Waals surface area contributed by atoms with Crippen LogP contribution >= 0.6 is 15.1 Å². The van der Waals surface area contributed by atoms with Crippen molar-refractivity contribution in [2.75, 3.05) is 6.66 Å². The summed E-state index contributed by atoms with van der Waals surface area (Å²) in [6.07, 6.45) is 10.1. The van der Waals surface area contributed by atoms with Crippen molar-refractivity contribution in [1.82, 2.24) is 0 Å². The molecular weight excluding hydrogens is 390 g/mol. The molecule has 0 aliphatic heterocycles. The van der Waals surface area contributed by atoms with Crippen LogP contribution < -0.4 is 10.6 Å². The number of hydrogen-bond donors (Lipinski definition) is 0. The molecule has 0 heterocycles. The van der Waals surface area contributed by atoms with Gasteiger partial charge in [0.2, 0.25) is 0 Å². The van der Waals surface area contributed by atoms with Crippen LogP contribution in [0.25, 0.3) is 0 Å². The summed E-state index contributed by atoms with van der Waals surface area (Å²) in [5.41, 5.74) is 1.49. The van der Waals surface area contributed by atoms with E-state index in [0.717, 1.165) is 0 Å². The van der Waals surface area contributed by atoms with Crippen molar-refractivity contribution in [3.8, 4) is 0 Å². The molecular formula is C26H36OP2. The molecule has 0 amide bonds. The van der Waals surface area contributed by atoms with Gasteiger partial charge in [0.1, 0.15) is 0 Å². The van der Waals surface area contributed by atoms with Crippen molar-refractivity contribution in [3.05, 3.63) is 60.7 Å². The van der Waals surface area contributed by atoms with Crippen molar-refractivity contribution in [2.24, 2.45) is 5.92 Å². The average Bonchev–Trinajstić information content (AvgIpc) is 3.24. The highest BCUT2D eigenvalue weighted by atomic mass is 31.2. The maximum atomic E-state index is 14.1. The van der Waals surface area contributed by atoms with Crippen LogP contribution in [0.5, 0.6) is 0 Å². The molecule has 0 saturated heterocycles. The summed E-state index contributed by atoms with van der Waals surface area (Å²) in [5.74, 6) is 0.597. The number of rotatable bonds is 6. The van der Waals surface area contributed by atoms with E-state index in [-0.39, 0.29) is 0 Å². The third kappa shape index (κ3) is 4.57. The van der Waals surface area contributed by atoms with Crippen molar-refractivity contribution in [1.29, 1.82) is 0 Å². The molecule has 156 valence electrons. The molecule has 4 rings (SSSR count). The summed E-state index contributed by atoms with van der Waals surface area (Å²) < 4.78 is 14.1. The zero-order chi connectivity index (χ0) is 20.3. The normalized spacial score (nSPS) is 26.3. The summed E-state index contributed by atoms with van der Waals surface area (Å²) in [4.78, 5) is 0. The smallest absolute Gasteiger partial charge is 0.0906 e. The monoisotopic (exact) mass is 426 g/mol. The molecule has 0 radical (unpaired) electrons. The van der Waals surface area contributed by atoms with E-state index in [1.54, 1.807) is 0 Å². The molecule has 0 spiro atoms. The van der Waals surface area contributed by atoms with Crippen LogP contribution in [0.15, 0.2) is 60.7 Å². The van der Waals surface area contributed by atoms with Gasteiger partial charge in [-0.15, -0.1) is 0 Å². The first-order chi connectivity index (χ1) is 14.1. The first-order valence-electron chi connectivity index (χ1n) is 11.5. The summed E-state index contributed by atoms with van der Waals surface area (Å²) in [7, 11) is -2.57. The van der Waals surface area contributed by atoms with Crippen molar-refractivity contribution in [2.45, 2.75) is 75.3 Å². The lowest BCUT2D eigenvalue weighted by Crippen LogP contribution is -2.32. The number of hydrogen-bond acceptors (Lipinski definition) is 1. The predicted octanol–water partition coefficient (Wildman–Crippen LogP) is 7.00. The van der Waals surface area contributed by atoms with Crippen LogP contribution in [0.3, 0.4) is 0 Å². The van der Waals surface area contributed by atoms with Crippen LogP contribution in [-0.2, 0) is 4.57 Å². The Morgan fingerprint density at radius 3 is 1.90 bits per heavy atom. The van der Waals surface area contributed by atoms with E-state index in [1.807, 2.05) is 0 Å². The Kier molecular flexibility index (Phi) is 6.98. The maximum Gasteiger partial charge on any atom is 0.0906 e. The highest BCUT2D eigenvalue weighted by Gasteiger charge is 2.45. The zero-order valence-electron chi connectivity index (χ0n) is 18.0. The Morgan fingerprint density at radius 2 is 1.34 bits per heavy atom. The van der Waals surface area contributed by atoms with E-state index in [1.165, 1.54) is 62.0 Å². The first-order valence-corrected chi connectivity index (χ1v) is 15.3. The predicted molar refractivity (Wildman–Crippen MR) is 130 cm³/mol. The fourth-order valence-electron chi connectivity index (χ4n) is 5.87. The third-order valence-electron chi connectivity index (χ3n) is 7.66. The SMILES string of the molecule is C[C@H](C1CCCC1P(c1ccccc1)c1ccccc1)P(C)(=O)C1CCCCC1. The van der Waals surface area contributed by atoms with Gasteiger partial charge in [0.15, 0.2) is 0 Å². The van der Waals surface area contributed by atoms with Crippen molar-refractivity contribution < 1.29 is 4.57 Å². The van der Waals surface area contributed by atoms with Crippen LogP contribution in [0, 0.1) is 5.92 Å². The van der Waals surface area contributed by atoms with E-state index in [2.05, 4.69) is 74.3 Å². The second-order valence-electron chi connectivity index (χ2n) is 9.29. The largest absolute Gasteiger partial charge is 0.323 e. The molecule has 2 saturated carbocycles. The van der Waals surface area contributed by atoms with Gasteiger partial charge in [-0.05, 0) is 62.5 Å². The summed E-state index contributed by atoms with van der Waals surface area (Å²) in [5, 5.41) is 2.97. The Morgan fingerprint density at radius 1 is 0.793 bits per heavy atom. The Balaban J connectivity index is 1.65. The van der Waals surface area contributed by atoms with E-state index in [9.17, 15) is 4.57 Å². The third-order valence-corrected chi connectivity index (χ3v) is 14.6. The van der Waals surface area contributed by atoms with Crippen molar-refractivity contribution >= 4 is 25.7 Å². The molecule has 3 heteroatoms. The second-order valence-corrected chi connectivity index (χ2v) is 15.4. The standard InChI is InChI=1S/C26H36OP2/c1-21(29(2,27)24-17-10-5-11-18-24)25-19-12-20-26(25)28(22-13-6-3-7-14-22)23-15-8-4-9-16-23/h3-4,6-9,13-16,21,24-26H,5,10-12,17-20H2,1-2H3/t21-,25?,26?,29?/m1/s1. The molecule has 2 aliphatic rings. The molecule has 0 aromatic heterocycles. The van der Waals surface area contributed by atoms with Gasteiger partial charge >= 0.3 is 0 Å². The Bertz CT molecular complexity index is 774. The Labute approximate surface area is 178 Å². The maximum absolute atomic E-state index is 14.1. The minimum atomic E-state index is -2.16. The van der Waals surface area contributed by atoms with Gasteiger partial charge in [-0.3, -0.25) is 0 Å². The number of benzene rings is 2.